The molecule has 0 amide bonds. The monoisotopic (exact) mass is 354 g/mol. The van der Waals surface area contributed by atoms with Crippen LogP contribution in [0.5, 0.6) is 5.75 Å². The molecular formula is C21H30N4O. The predicted molar refractivity (Wildman–Crippen MR) is 107 cm³/mol. The standard InChI is InChI=1S/C21H30N4O/c1-16(2)24(3)21-10-9-17(13-23-21)15-25-12-11-22-14-19(25)18-7-5-6-8-20(18)26-4/h5-10,13,16,19,22H,11-12,14-15H2,1-4H3. The maximum atomic E-state index is 5.59. The fourth-order valence-electron chi connectivity index (χ4n) is 3.40. The van der Waals surface area contributed by atoms with Gasteiger partial charge in [-0.05, 0) is 31.5 Å². The minimum absolute atomic E-state index is 0.304. The molecule has 2 heterocycles. The van der Waals surface area contributed by atoms with Gasteiger partial charge in [0.25, 0.3) is 0 Å². The van der Waals surface area contributed by atoms with Crippen molar-refractivity contribution in [3.63, 3.8) is 0 Å². The number of hydrogen-bond acceptors (Lipinski definition) is 5. The van der Waals surface area contributed by atoms with Gasteiger partial charge >= 0.3 is 0 Å². The van der Waals surface area contributed by atoms with Crippen molar-refractivity contribution in [2.75, 3.05) is 38.7 Å². The van der Waals surface area contributed by atoms with E-state index in [4.69, 9.17) is 4.74 Å². The van der Waals surface area contributed by atoms with Crippen LogP contribution in [-0.2, 0) is 6.54 Å². The number of hydrogen-bond donors (Lipinski definition) is 1. The van der Waals surface area contributed by atoms with Crippen LogP contribution in [0.3, 0.4) is 0 Å². The molecule has 0 radical (unpaired) electrons. The molecule has 0 aliphatic carbocycles. The molecule has 1 aromatic heterocycles. The number of ether oxygens (including phenoxy) is 1. The maximum absolute atomic E-state index is 5.59. The van der Waals surface area contributed by atoms with E-state index in [1.807, 2.05) is 18.3 Å². The fourth-order valence-corrected chi connectivity index (χ4v) is 3.40. The van der Waals surface area contributed by atoms with E-state index in [2.05, 4.69) is 65.3 Å². The number of pyridine rings is 1. The summed E-state index contributed by atoms with van der Waals surface area (Å²) in [4.78, 5) is 9.35. The second kappa shape index (κ2) is 8.52. The molecule has 1 unspecified atom stereocenters. The zero-order valence-electron chi connectivity index (χ0n) is 16.3. The number of rotatable bonds is 6. The Kier molecular flexibility index (Phi) is 6.12. The van der Waals surface area contributed by atoms with E-state index in [0.717, 1.165) is 37.7 Å². The summed E-state index contributed by atoms with van der Waals surface area (Å²) in [5, 5.41) is 3.52. The van der Waals surface area contributed by atoms with Crippen molar-refractivity contribution in [1.29, 1.82) is 0 Å². The summed E-state index contributed by atoms with van der Waals surface area (Å²) in [6, 6.07) is 13.4. The van der Waals surface area contributed by atoms with Gasteiger partial charge in [-0.25, -0.2) is 4.98 Å². The lowest BCUT2D eigenvalue weighted by Gasteiger charge is -2.37. The number of benzene rings is 1. The van der Waals surface area contributed by atoms with Gasteiger partial charge in [0.15, 0.2) is 0 Å². The third kappa shape index (κ3) is 4.17. The molecule has 1 saturated heterocycles. The van der Waals surface area contributed by atoms with E-state index < -0.39 is 0 Å². The van der Waals surface area contributed by atoms with Crippen LogP contribution in [0.25, 0.3) is 0 Å². The van der Waals surface area contributed by atoms with Crippen molar-refractivity contribution in [3.8, 4) is 5.75 Å². The Hall–Kier alpha value is -2.11. The summed E-state index contributed by atoms with van der Waals surface area (Å²) in [5.74, 6) is 1.98. The van der Waals surface area contributed by atoms with Crippen LogP contribution in [0.2, 0.25) is 0 Å². The van der Waals surface area contributed by atoms with Crippen LogP contribution < -0.4 is 15.0 Å². The Labute approximate surface area is 157 Å². The molecule has 1 fully saturated rings. The minimum atomic E-state index is 0.304. The molecule has 2 aromatic rings. The second-order valence-corrected chi connectivity index (χ2v) is 7.16. The number of aromatic nitrogens is 1. The molecule has 5 heteroatoms. The molecule has 140 valence electrons. The molecule has 1 N–H and O–H groups in total. The van der Waals surface area contributed by atoms with E-state index in [0.29, 0.717) is 12.1 Å². The Bertz CT molecular complexity index is 701. The summed E-state index contributed by atoms with van der Waals surface area (Å²) in [5.41, 5.74) is 2.49. The summed E-state index contributed by atoms with van der Waals surface area (Å²) in [6.07, 6.45) is 2.01. The maximum Gasteiger partial charge on any atom is 0.128 e. The van der Waals surface area contributed by atoms with Gasteiger partial charge in [0, 0.05) is 51.0 Å². The van der Waals surface area contributed by atoms with E-state index in [1.165, 1.54) is 11.1 Å². The number of para-hydroxylation sites is 1. The van der Waals surface area contributed by atoms with Gasteiger partial charge in [-0.3, -0.25) is 4.90 Å². The molecule has 0 bridgehead atoms. The minimum Gasteiger partial charge on any atom is -0.496 e. The van der Waals surface area contributed by atoms with Crippen molar-refractivity contribution in [3.05, 3.63) is 53.7 Å². The molecule has 0 spiro atoms. The lowest BCUT2D eigenvalue weighted by Crippen LogP contribution is -2.45. The summed E-state index contributed by atoms with van der Waals surface area (Å²) >= 11 is 0. The molecular weight excluding hydrogens is 324 g/mol. The van der Waals surface area contributed by atoms with Crippen LogP contribution in [0, 0.1) is 0 Å². The molecule has 1 atom stereocenters. The van der Waals surface area contributed by atoms with E-state index in [-0.39, 0.29) is 0 Å². The SMILES string of the molecule is COc1ccccc1C1CNCCN1Cc1ccc(N(C)C(C)C)nc1. The number of anilines is 1. The highest BCUT2D eigenvalue weighted by molar-refractivity contribution is 5.39. The number of methoxy groups -OCH3 is 1. The molecule has 1 aliphatic rings. The molecule has 0 saturated carbocycles. The van der Waals surface area contributed by atoms with E-state index in [9.17, 15) is 0 Å². The summed E-state index contributed by atoms with van der Waals surface area (Å²) in [7, 11) is 3.83. The Morgan fingerprint density at radius 1 is 1.27 bits per heavy atom. The highest BCUT2D eigenvalue weighted by Gasteiger charge is 2.26. The first-order valence-electron chi connectivity index (χ1n) is 9.35. The van der Waals surface area contributed by atoms with E-state index in [1.54, 1.807) is 7.11 Å². The summed E-state index contributed by atoms with van der Waals surface area (Å²) < 4.78 is 5.59. The Balaban J connectivity index is 1.76. The number of piperazine rings is 1. The van der Waals surface area contributed by atoms with Crippen LogP contribution in [-0.4, -0.2) is 49.7 Å². The van der Waals surface area contributed by atoms with Crippen LogP contribution in [0.1, 0.15) is 31.0 Å². The molecule has 1 aromatic carbocycles. The van der Waals surface area contributed by atoms with Crippen molar-refractivity contribution in [1.82, 2.24) is 15.2 Å². The van der Waals surface area contributed by atoms with Crippen molar-refractivity contribution in [2.45, 2.75) is 32.5 Å². The highest BCUT2D eigenvalue weighted by Crippen LogP contribution is 2.31. The van der Waals surface area contributed by atoms with E-state index >= 15 is 0 Å². The van der Waals surface area contributed by atoms with Crippen molar-refractivity contribution >= 4 is 5.82 Å². The zero-order valence-corrected chi connectivity index (χ0v) is 16.3. The smallest absolute Gasteiger partial charge is 0.128 e. The van der Waals surface area contributed by atoms with Gasteiger partial charge in [-0.2, -0.15) is 0 Å². The third-order valence-electron chi connectivity index (χ3n) is 5.18. The van der Waals surface area contributed by atoms with Gasteiger partial charge in [0.05, 0.1) is 13.2 Å². The molecule has 5 nitrogen and oxygen atoms in total. The first-order valence-corrected chi connectivity index (χ1v) is 9.35. The van der Waals surface area contributed by atoms with Crippen molar-refractivity contribution in [2.24, 2.45) is 0 Å². The molecule has 3 rings (SSSR count). The van der Waals surface area contributed by atoms with Gasteiger partial charge < -0.3 is 15.0 Å². The van der Waals surface area contributed by atoms with Crippen LogP contribution in [0.15, 0.2) is 42.6 Å². The predicted octanol–water partition coefficient (Wildman–Crippen LogP) is 3.08. The third-order valence-corrected chi connectivity index (χ3v) is 5.18. The summed E-state index contributed by atoms with van der Waals surface area (Å²) in [6.45, 7) is 8.19. The first kappa shape index (κ1) is 18.7. The van der Waals surface area contributed by atoms with Gasteiger partial charge in [-0.1, -0.05) is 24.3 Å². The Morgan fingerprint density at radius 3 is 2.77 bits per heavy atom. The van der Waals surface area contributed by atoms with Crippen molar-refractivity contribution < 1.29 is 4.74 Å². The van der Waals surface area contributed by atoms with Gasteiger partial charge in [0.2, 0.25) is 0 Å². The van der Waals surface area contributed by atoms with Gasteiger partial charge in [-0.15, -0.1) is 0 Å². The topological polar surface area (TPSA) is 40.6 Å². The lowest BCUT2D eigenvalue weighted by molar-refractivity contribution is 0.151. The average molecular weight is 354 g/mol. The molecule has 1 aliphatic heterocycles. The highest BCUT2D eigenvalue weighted by atomic mass is 16.5. The van der Waals surface area contributed by atoms with Crippen LogP contribution >= 0.6 is 0 Å². The quantitative estimate of drug-likeness (QED) is 0.863. The average Bonchev–Trinajstić information content (AvgIpc) is 2.68. The number of nitrogens with one attached hydrogen (secondary N) is 1. The first-order chi connectivity index (χ1) is 12.6. The van der Waals surface area contributed by atoms with Crippen LogP contribution in [0.4, 0.5) is 5.82 Å². The second-order valence-electron chi connectivity index (χ2n) is 7.16. The Morgan fingerprint density at radius 2 is 2.08 bits per heavy atom. The van der Waals surface area contributed by atoms with Gasteiger partial charge in [0.1, 0.15) is 11.6 Å². The molecule has 26 heavy (non-hydrogen) atoms. The fraction of sp³-hybridized carbons (Fsp3) is 0.476. The normalized spacial score (nSPS) is 18.1. The lowest BCUT2D eigenvalue weighted by atomic mass is 10.0. The largest absolute Gasteiger partial charge is 0.496 e. The number of nitrogens with zero attached hydrogens (tertiary/aromatic N) is 3. The zero-order chi connectivity index (χ0) is 18.5.